The molecule has 1 aliphatic heterocycles. The Morgan fingerprint density at radius 3 is 2.42 bits per heavy atom. The lowest BCUT2D eigenvalue weighted by Gasteiger charge is -2.33. The Hall–Kier alpha value is -0.0400. The molecule has 1 fully saturated rings. The summed E-state index contributed by atoms with van der Waals surface area (Å²) in [6.45, 7) is 10.7. The lowest BCUT2D eigenvalue weighted by Crippen LogP contribution is -2.39. The van der Waals surface area contributed by atoms with Crippen molar-refractivity contribution in [2.75, 3.05) is 13.6 Å². The fourth-order valence-electron chi connectivity index (χ4n) is 2.78. The Kier molecular flexibility index (Phi) is 2.82. The Labute approximate surface area is 77.1 Å². The highest BCUT2D eigenvalue weighted by Gasteiger charge is 2.37. The molecule has 0 aliphatic carbocycles. The number of rotatable bonds is 2. The van der Waals surface area contributed by atoms with E-state index < -0.39 is 0 Å². The third-order valence-corrected chi connectivity index (χ3v) is 3.14. The van der Waals surface area contributed by atoms with Gasteiger partial charge in [0.25, 0.3) is 0 Å². The number of likely N-dealkylation sites (tertiary alicyclic amines) is 1. The molecule has 72 valence electrons. The minimum atomic E-state index is 0.480. The highest BCUT2D eigenvalue weighted by atomic mass is 15.2. The first kappa shape index (κ1) is 10.0. The van der Waals surface area contributed by atoms with Gasteiger partial charge < -0.3 is 4.90 Å². The molecule has 2 atom stereocenters. The highest BCUT2D eigenvalue weighted by Crippen LogP contribution is 2.35. The van der Waals surface area contributed by atoms with Gasteiger partial charge in [0.15, 0.2) is 0 Å². The SMILES string of the molecule is CC(C)CC1(C)CC(C)CN1C. The van der Waals surface area contributed by atoms with Crippen LogP contribution in [0.4, 0.5) is 0 Å². The topological polar surface area (TPSA) is 3.24 Å². The Morgan fingerprint density at radius 1 is 1.50 bits per heavy atom. The summed E-state index contributed by atoms with van der Waals surface area (Å²) in [5, 5.41) is 0. The zero-order chi connectivity index (χ0) is 9.35. The van der Waals surface area contributed by atoms with Crippen molar-refractivity contribution in [1.82, 2.24) is 4.90 Å². The summed E-state index contributed by atoms with van der Waals surface area (Å²) in [5.41, 5.74) is 0.480. The molecular formula is C11H23N. The first-order valence-corrected chi connectivity index (χ1v) is 5.15. The van der Waals surface area contributed by atoms with E-state index in [9.17, 15) is 0 Å². The van der Waals surface area contributed by atoms with Gasteiger partial charge in [-0.3, -0.25) is 0 Å². The molecule has 1 nitrogen and oxygen atoms in total. The smallest absolute Gasteiger partial charge is 0.0183 e. The van der Waals surface area contributed by atoms with Crippen LogP contribution in [0.1, 0.15) is 40.5 Å². The lowest BCUT2D eigenvalue weighted by atomic mass is 9.86. The van der Waals surface area contributed by atoms with Gasteiger partial charge in [-0.1, -0.05) is 20.8 Å². The van der Waals surface area contributed by atoms with Gasteiger partial charge in [-0.2, -0.15) is 0 Å². The fraction of sp³-hybridized carbons (Fsp3) is 1.00. The van der Waals surface area contributed by atoms with Gasteiger partial charge in [0, 0.05) is 12.1 Å². The molecule has 0 spiro atoms. The van der Waals surface area contributed by atoms with E-state index >= 15 is 0 Å². The lowest BCUT2D eigenvalue weighted by molar-refractivity contribution is 0.163. The van der Waals surface area contributed by atoms with Gasteiger partial charge >= 0.3 is 0 Å². The van der Waals surface area contributed by atoms with E-state index in [2.05, 4.69) is 39.6 Å². The van der Waals surface area contributed by atoms with Crippen LogP contribution in [0.5, 0.6) is 0 Å². The van der Waals surface area contributed by atoms with Gasteiger partial charge in [0.2, 0.25) is 0 Å². The van der Waals surface area contributed by atoms with Crippen molar-refractivity contribution in [1.29, 1.82) is 0 Å². The van der Waals surface area contributed by atoms with Gasteiger partial charge in [0.05, 0.1) is 0 Å². The van der Waals surface area contributed by atoms with Crippen molar-refractivity contribution in [2.24, 2.45) is 11.8 Å². The van der Waals surface area contributed by atoms with Crippen LogP contribution in [0, 0.1) is 11.8 Å². The summed E-state index contributed by atoms with van der Waals surface area (Å²) in [7, 11) is 2.27. The standard InChI is InChI=1S/C11H23N/c1-9(2)6-11(4)7-10(3)8-12(11)5/h9-10H,6-8H2,1-5H3. The van der Waals surface area contributed by atoms with Crippen molar-refractivity contribution < 1.29 is 0 Å². The maximum atomic E-state index is 2.54. The van der Waals surface area contributed by atoms with E-state index in [-0.39, 0.29) is 0 Å². The minimum Gasteiger partial charge on any atom is -0.301 e. The molecule has 0 radical (unpaired) electrons. The van der Waals surface area contributed by atoms with Crippen molar-refractivity contribution in [3.8, 4) is 0 Å². The molecule has 1 saturated heterocycles. The third-order valence-electron chi connectivity index (χ3n) is 3.14. The van der Waals surface area contributed by atoms with Gasteiger partial charge in [-0.25, -0.2) is 0 Å². The summed E-state index contributed by atoms with van der Waals surface area (Å²) in [6, 6.07) is 0. The van der Waals surface area contributed by atoms with Crippen LogP contribution in [-0.2, 0) is 0 Å². The molecule has 12 heavy (non-hydrogen) atoms. The normalized spacial score (nSPS) is 38.0. The Morgan fingerprint density at radius 2 is 2.08 bits per heavy atom. The molecule has 0 N–H and O–H groups in total. The molecule has 0 bridgehead atoms. The molecule has 1 heteroatoms. The summed E-state index contributed by atoms with van der Waals surface area (Å²) in [4.78, 5) is 2.54. The summed E-state index contributed by atoms with van der Waals surface area (Å²) in [6.07, 6.45) is 2.72. The molecule has 0 aromatic carbocycles. The number of hydrogen-bond acceptors (Lipinski definition) is 1. The monoisotopic (exact) mass is 169 g/mol. The average molecular weight is 169 g/mol. The van der Waals surface area contributed by atoms with Crippen molar-refractivity contribution in [2.45, 2.75) is 46.1 Å². The number of nitrogens with zero attached hydrogens (tertiary/aromatic N) is 1. The molecule has 0 aromatic rings. The first-order valence-electron chi connectivity index (χ1n) is 5.15. The van der Waals surface area contributed by atoms with E-state index in [1.54, 1.807) is 0 Å². The van der Waals surface area contributed by atoms with E-state index in [4.69, 9.17) is 0 Å². The van der Waals surface area contributed by atoms with Gasteiger partial charge in [-0.05, 0) is 38.6 Å². The maximum absolute atomic E-state index is 2.54. The van der Waals surface area contributed by atoms with E-state index in [1.807, 2.05) is 0 Å². The zero-order valence-corrected chi connectivity index (χ0v) is 9.22. The van der Waals surface area contributed by atoms with Crippen LogP contribution in [0.3, 0.4) is 0 Å². The Balaban J connectivity index is 2.58. The van der Waals surface area contributed by atoms with Crippen LogP contribution in [-0.4, -0.2) is 24.0 Å². The third kappa shape index (κ3) is 2.01. The van der Waals surface area contributed by atoms with E-state index in [1.165, 1.54) is 19.4 Å². The summed E-state index contributed by atoms with van der Waals surface area (Å²) >= 11 is 0. The second-order valence-electron chi connectivity index (χ2n) is 5.28. The predicted octanol–water partition coefficient (Wildman–Crippen LogP) is 2.76. The summed E-state index contributed by atoms with van der Waals surface area (Å²) in [5.74, 6) is 1.71. The van der Waals surface area contributed by atoms with E-state index in [0.717, 1.165) is 11.8 Å². The van der Waals surface area contributed by atoms with Crippen LogP contribution in [0.2, 0.25) is 0 Å². The van der Waals surface area contributed by atoms with Gasteiger partial charge in [0.1, 0.15) is 0 Å². The molecule has 0 aromatic heterocycles. The zero-order valence-electron chi connectivity index (χ0n) is 9.22. The molecular weight excluding hydrogens is 146 g/mol. The molecule has 1 aliphatic rings. The van der Waals surface area contributed by atoms with Crippen LogP contribution in [0.25, 0.3) is 0 Å². The quantitative estimate of drug-likeness (QED) is 0.614. The number of hydrogen-bond donors (Lipinski definition) is 0. The first-order chi connectivity index (χ1) is 5.44. The van der Waals surface area contributed by atoms with Crippen LogP contribution >= 0.6 is 0 Å². The molecule has 2 unspecified atom stereocenters. The molecule has 0 saturated carbocycles. The Bertz CT molecular complexity index is 153. The highest BCUT2D eigenvalue weighted by molar-refractivity contribution is 4.93. The van der Waals surface area contributed by atoms with Crippen molar-refractivity contribution in [3.63, 3.8) is 0 Å². The maximum Gasteiger partial charge on any atom is 0.0183 e. The fourth-order valence-corrected chi connectivity index (χ4v) is 2.78. The van der Waals surface area contributed by atoms with Gasteiger partial charge in [-0.15, -0.1) is 0 Å². The van der Waals surface area contributed by atoms with Crippen molar-refractivity contribution >= 4 is 0 Å². The average Bonchev–Trinajstić information content (AvgIpc) is 2.04. The second kappa shape index (κ2) is 3.37. The molecule has 0 amide bonds. The van der Waals surface area contributed by atoms with E-state index in [0.29, 0.717) is 5.54 Å². The van der Waals surface area contributed by atoms with Crippen LogP contribution in [0.15, 0.2) is 0 Å². The largest absolute Gasteiger partial charge is 0.301 e. The molecule has 1 heterocycles. The molecule has 1 rings (SSSR count). The van der Waals surface area contributed by atoms with Crippen molar-refractivity contribution in [3.05, 3.63) is 0 Å². The minimum absolute atomic E-state index is 0.480. The second-order valence-corrected chi connectivity index (χ2v) is 5.28. The predicted molar refractivity (Wildman–Crippen MR) is 54.3 cm³/mol. The van der Waals surface area contributed by atoms with Crippen LogP contribution < -0.4 is 0 Å². The summed E-state index contributed by atoms with van der Waals surface area (Å²) < 4.78 is 0.